The van der Waals surface area contributed by atoms with E-state index in [4.69, 9.17) is 0 Å². The first kappa shape index (κ1) is 15.5. The van der Waals surface area contributed by atoms with Gasteiger partial charge in [-0.15, -0.1) is 0 Å². The van der Waals surface area contributed by atoms with Gasteiger partial charge in [0.15, 0.2) is 0 Å². The average Bonchev–Trinajstić information content (AvgIpc) is 3.10. The van der Waals surface area contributed by atoms with Crippen LogP contribution in [0.4, 0.5) is 0 Å². The second-order valence-electron chi connectivity index (χ2n) is 6.28. The lowest BCUT2D eigenvalue weighted by Crippen LogP contribution is -2.36. The van der Waals surface area contributed by atoms with E-state index >= 15 is 0 Å². The second-order valence-corrected chi connectivity index (χ2v) is 6.28. The molecule has 0 saturated carbocycles. The molecule has 1 saturated heterocycles. The zero-order chi connectivity index (χ0) is 16.4. The number of pyridine rings is 1. The Morgan fingerprint density at radius 3 is 2.96 bits per heavy atom. The molecule has 0 radical (unpaired) electrons. The van der Waals surface area contributed by atoms with Gasteiger partial charge in [0.1, 0.15) is 5.65 Å². The molecule has 3 heterocycles. The first-order valence-electron chi connectivity index (χ1n) is 8.04. The fraction of sp³-hybridized carbons (Fsp3) is 0.471. The van der Waals surface area contributed by atoms with E-state index in [0.29, 0.717) is 25.9 Å². The molecule has 0 spiro atoms. The normalized spacial score (nSPS) is 18.1. The maximum absolute atomic E-state index is 12.2. The van der Waals surface area contributed by atoms with Crippen LogP contribution in [0.2, 0.25) is 0 Å². The molecule has 1 atom stereocenters. The van der Waals surface area contributed by atoms with Crippen LogP contribution in [0.3, 0.4) is 0 Å². The minimum Gasteiger partial charge on any atom is -0.355 e. The molecule has 122 valence electrons. The third kappa shape index (κ3) is 3.36. The Labute approximate surface area is 135 Å². The van der Waals surface area contributed by atoms with Gasteiger partial charge in [0.2, 0.25) is 11.8 Å². The Morgan fingerprint density at radius 2 is 2.26 bits per heavy atom. The molecule has 1 fully saturated rings. The van der Waals surface area contributed by atoms with Crippen molar-refractivity contribution in [1.82, 2.24) is 19.6 Å². The molecule has 1 unspecified atom stereocenters. The third-order valence-corrected chi connectivity index (χ3v) is 4.25. The number of fused-ring (bicyclic) bond motifs is 1. The van der Waals surface area contributed by atoms with Crippen LogP contribution in [0.25, 0.3) is 5.65 Å². The number of amides is 2. The van der Waals surface area contributed by atoms with Crippen molar-refractivity contribution in [1.29, 1.82) is 0 Å². The zero-order valence-corrected chi connectivity index (χ0v) is 13.5. The van der Waals surface area contributed by atoms with Gasteiger partial charge >= 0.3 is 0 Å². The summed E-state index contributed by atoms with van der Waals surface area (Å²) in [5.41, 5.74) is 1.85. The van der Waals surface area contributed by atoms with E-state index in [9.17, 15) is 9.59 Å². The molecule has 2 amide bonds. The molecule has 1 N–H and O–H groups in total. The minimum absolute atomic E-state index is 0.0368. The molecule has 23 heavy (non-hydrogen) atoms. The van der Waals surface area contributed by atoms with Gasteiger partial charge in [-0.2, -0.15) is 0 Å². The summed E-state index contributed by atoms with van der Waals surface area (Å²) in [6.45, 7) is 5.01. The van der Waals surface area contributed by atoms with Crippen LogP contribution in [-0.4, -0.2) is 45.2 Å². The zero-order valence-electron chi connectivity index (χ0n) is 13.5. The Balaban J connectivity index is 1.50. The van der Waals surface area contributed by atoms with Crippen LogP contribution in [0, 0.1) is 5.92 Å². The lowest BCUT2D eigenvalue weighted by atomic mass is 10.1. The Bertz CT molecular complexity index is 689. The Morgan fingerprint density at radius 1 is 1.43 bits per heavy atom. The molecule has 1 aliphatic heterocycles. The summed E-state index contributed by atoms with van der Waals surface area (Å²) in [6.07, 6.45) is 4.93. The molecular formula is C17H22N4O2. The number of carbonyl (C=O) groups is 2. The molecule has 1 aliphatic rings. The monoisotopic (exact) mass is 314 g/mol. The van der Waals surface area contributed by atoms with Gasteiger partial charge in [-0.05, 0) is 26.0 Å². The summed E-state index contributed by atoms with van der Waals surface area (Å²) in [5, 5.41) is 2.93. The van der Waals surface area contributed by atoms with Crippen molar-refractivity contribution in [3.63, 3.8) is 0 Å². The van der Waals surface area contributed by atoms with E-state index in [1.165, 1.54) is 0 Å². The second kappa shape index (κ2) is 6.40. The van der Waals surface area contributed by atoms with E-state index in [1.807, 2.05) is 48.8 Å². The largest absolute Gasteiger partial charge is 0.355 e. The molecule has 2 aromatic rings. The lowest BCUT2D eigenvalue weighted by Gasteiger charge is -2.20. The van der Waals surface area contributed by atoms with Crippen molar-refractivity contribution in [3.05, 3.63) is 36.3 Å². The van der Waals surface area contributed by atoms with Gasteiger partial charge in [-0.3, -0.25) is 9.59 Å². The molecule has 0 aliphatic carbocycles. The fourth-order valence-corrected chi connectivity index (χ4v) is 2.97. The van der Waals surface area contributed by atoms with Gasteiger partial charge < -0.3 is 14.6 Å². The van der Waals surface area contributed by atoms with Crippen LogP contribution in [0.1, 0.15) is 26.0 Å². The first-order valence-corrected chi connectivity index (χ1v) is 8.04. The number of likely N-dealkylation sites (tertiary alicyclic amines) is 1. The Hall–Kier alpha value is -2.37. The number of hydrogen-bond acceptors (Lipinski definition) is 3. The molecule has 6 nitrogen and oxygen atoms in total. The maximum Gasteiger partial charge on any atom is 0.225 e. The highest BCUT2D eigenvalue weighted by molar-refractivity contribution is 5.89. The lowest BCUT2D eigenvalue weighted by molar-refractivity contribution is -0.129. The highest BCUT2D eigenvalue weighted by atomic mass is 16.2. The smallest absolute Gasteiger partial charge is 0.225 e. The van der Waals surface area contributed by atoms with Gasteiger partial charge in [-0.1, -0.05) is 6.07 Å². The summed E-state index contributed by atoms with van der Waals surface area (Å²) in [6, 6.07) is 6.01. The predicted octanol–water partition coefficient (Wildman–Crippen LogP) is 1.25. The highest BCUT2D eigenvalue weighted by Crippen LogP contribution is 2.20. The van der Waals surface area contributed by atoms with Crippen LogP contribution in [0.15, 0.2) is 30.6 Å². The van der Waals surface area contributed by atoms with Crippen LogP contribution < -0.4 is 5.32 Å². The number of rotatable bonds is 5. The van der Waals surface area contributed by atoms with Crippen molar-refractivity contribution in [2.24, 2.45) is 5.92 Å². The summed E-state index contributed by atoms with van der Waals surface area (Å²) in [5.74, 6) is -0.197. The Kier molecular flexibility index (Phi) is 4.32. The topological polar surface area (TPSA) is 66.7 Å². The minimum atomic E-state index is -0.231. The molecule has 0 bridgehead atoms. The number of nitrogens with one attached hydrogen (secondary N) is 1. The van der Waals surface area contributed by atoms with Gasteiger partial charge in [0.05, 0.1) is 11.6 Å². The van der Waals surface area contributed by atoms with E-state index in [0.717, 1.165) is 11.3 Å². The summed E-state index contributed by atoms with van der Waals surface area (Å²) < 4.78 is 1.97. The predicted molar refractivity (Wildman–Crippen MR) is 86.9 cm³/mol. The summed E-state index contributed by atoms with van der Waals surface area (Å²) in [4.78, 5) is 30.3. The van der Waals surface area contributed by atoms with Crippen molar-refractivity contribution in [3.8, 4) is 0 Å². The highest BCUT2D eigenvalue weighted by Gasteiger charge is 2.35. The van der Waals surface area contributed by atoms with Crippen LogP contribution >= 0.6 is 0 Å². The fourth-order valence-electron chi connectivity index (χ4n) is 2.97. The van der Waals surface area contributed by atoms with Crippen molar-refractivity contribution in [2.75, 3.05) is 13.1 Å². The van der Waals surface area contributed by atoms with E-state index < -0.39 is 0 Å². The van der Waals surface area contributed by atoms with E-state index in [-0.39, 0.29) is 23.8 Å². The number of hydrogen-bond donors (Lipinski definition) is 1. The van der Waals surface area contributed by atoms with E-state index in [2.05, 4.69) is 10.3 Å². The van der Waals surface area contributed by atoms with Crippen LogP contribution in [-0.2, 0) is 16.0 Å². The molecule has 2 aromatic heterocycles. The number of carbonyl (C=O) groups excluding carboxylic acids is 2. The molecule has 0 aromatic carbocycles. The standard InChI is InChI=1S/C17H22N4O2/c1-12(2)21-10-13(9-16(21)22)17(23)18-7-6-14-11-20-8-4-3-5-15(20)19-14/h3-5,8,11-13H,6-7,9-10H2,1-2H3,(H,18,23). The van der Waals surface area contributed by atoms with Gasteiger partial charge in [0.25, 0.3) is 0 Å². The quantitative estimate of drug-likeness (QED) is 0.903. The SMILES string of the molecule is CC(C)N1CC(C(=O)NCCc2cn3ccccc3n2)CC1=O. The molecule has 3 rings (SSSR count). The van der Waals surface area contributed by atoms with Gasteiger partial charge in [-0.25, -0.2) is 4.98 Å². The molecule has 6 heteroatoms. The number of aromatic nitrogens is 2. The molecular weight excluding hydrogens is 292 g/mol. The van der Waals surface area contributed by atoms with Crippen molar-refractivity contribution >= 4 is 17.5 Å². The van der Waals surface area contributed by atoms with E-state index in [1.54, 1.807) is 4.90 Å². The van der Waals surface area contributed by atoms with Gasteiger partial charge in [0, 0.05) is 44.4 Å². The summed E-state index contributed by atoms with van der Waals surface area (Å²) >= 11 is 0. The van der Waals surface area contributed by atoms with Crippen molar-refractivity contribution < 1.29 is 9.59 Å². The first-order chi connectivity index (χ1) is 11.0. The van der Waals surface area contributed by atoms with Crippen molar-refractivity contribution in [2.45, 2.75) is 32.7 Å². The number of imidazole rings is 1. The average molecular weight is 314 g/mol. The summed E-state index contributed by atoms with van der Waals surface area (Å²) in [7, 11) is 0. The van der Waals surface area contributed by atoms with Crippen LogP contribution in [0.5, 0.6) is 0 Å². The maximum atomic E-state index is 12.2. The number of nitrogens with zero attached hydrogens (tertiary/aromatic N) is 3. The third-order valence-electron chi connectivity index (χ3n) is 4.25.